The molecule has 2 nitrogen and oxygen atoms in total. The van der Waals surface area contributed by atoms with Crippen LogP contribution >= 0.6 is 0 Å². The fourth-order valence-corrected chi connectivity index (χ4v) is 9.87. The molecule has 9 aromatic rings. The second-order valence-electron chi connectivity index (χ2n) is 17.8. The second kappa shape index (κ2) is 15.0. The molecule has 0 unspecified atom stereocenters. The number of rotatable bonds is 6. The number of benzene rings is 9. The highest BCUT2D eigenvalue weighted by Crippen LogP contribution is 2.51. The SMILES string of the molecule is Cc1cc(-c2ccccc2)c(N2c3cc(C(C)(C)C)ccc3B3c4ccc(-c5ccccc5)cc4N(c4cccc(-c5ccccc5)c4)c4cccc2c43)c(-c2ccccc2)c1. The number of hydrogen-bond donors (Lipinski definition) is 0. The standard InChI is InChI=1S/C59H47BN2/c1-40-35-49(43-23-13-7-14-24-43)58(50(36-40)44-25-15-8-16-26-44)62-54-30-18-29-53-57(54)60(52-34-32-47(39-56(52)62)59(2,3)4)51-33-31-46(42-21-11-6-12-22-42)38-55(51)61(53)48-28-17-27-45(37-48)41-19-9-5-10-20-41/h5-39H,1-4H3. The van der Waals surface area contributed by atoms with Gasteiger partial charge in [-0.25, -0.2) is 0 Å². The van der Waals surface area contributed by atoms with Crippen LogP contribution in [0, 0.1) is 6.92 Å². The summed E-state index contributed by atoms with van der Waals surface area (Å²) in [5, 5.41) is 0. The molecule has 0 N–H and O–H groups in total. The van der Waals surface area contributed by atoms with Crippen LogP contribution in [-0.4, -0.2) is 6.71 Å². The zero-order valence-electron chi connectivity index (χ0n) is 35.7. The summed E-state index contributed by atoms with van der Waals surface area (Å²) in [5.41, 5.74) is 23.2. The minimum absolute atomic E-state index is 0.000599. The molecular weight excluding hydrogens is 747 g/mol. The summed E-state index contributed by atoms with van der Waals surface area (Å²) >= 11 is 0. The van der Waals surface area contributed by atoms with Gasteiger partial charge in [0.05, 0.1) is 5.69 Å². The van der Waals surface area contributed by atoms with Gasteiger partial charge in [-0.2, -0.15) is 0 Å². The Morgan fingerprint density at radius 2 is 0.839 bits per heavy atom. The molecule has 0 saturated carbocycles. The highest BCUT2D eigenvalue weighted by molar-refractivity contribution is 7.00. The number of hydrogen-bond acceptors (Lipinski definition) is 2. The molecule has 0 fully saturated rings. The van der Waals surface area contributed by atoms with Gasteiger partial charge in [0.2, 0.25) is 0 Å². The van der Waals surface area contributed by atoms with Crippen LogP contribution in [-0.2, 0) is 5.41 Å². The Bertz CT molecular complexity index is 3050. The van der Waals surface area contributed by atoms with Crippen molar-refractivity contribution in [2.45, 2.75) is 33.1 Å². The molecule has 9 aromatic carbocycles. The lowest BCUT2D eigenvalue weighted by molar-refractivity contribution is 0.590. The Balaban J connectivity index is 1.24. The Labute approximate surface area is 366 Å². The van der Waals surface area contributed by atoms with Crippen molar-refractivity contribution in [3.8, 4) is 44.5 Å². The van der Waals surface area contributed by atoms with Crippen molar-refractivity contribution in [1.29, 1.82) is 0 Å². The maximum Gasteiger partial charge on any atom is 0.252 e. The van der Waals surface area contributed by atoms with E-state index in [-0.39, 0.29) is 12.1 Å². The lowest BCUT2D eigenvalue weighted by Crippen LogP contribution is -2.61. The summed E-state index contributed by atoms with van der Waals surface area (Å²) in [6, 6.07) is 78.7. The van der Waals surface area contributed by atoms with Gasteiger partial charge in [0.1, 0.15) is 0 Å². The van der Waals surface area contributed by atoms with Gasteiger partial charge in [-0.15, -0.1) is 0 Å². The van der Waals surface area contributed by atoms with E-state index in [1.165, 1.54) is 100 Å². The molecule has 0 bridgehead atoms. The maximum atomic E-state index is 2.62. The minimum Gasteiger partial charge on any atom is -0.311 e. The van der Waals surface area contributed by atoms with Crippen molar-refractivity contribution in [2.75, 3.05) is 9.80 Å². The zero-order valence-corrected chi connectivity index (χ0v) is 35.7. The van der Waals surface area contributed by atoms with Crippen LogP contribution in [0.4, 0.5) is 34.1 Å². The molecule has 62 heavy (non-hydrogen) atoms. The van der Waals surface area contributed by atoms with E-state index in [1.807, 2.05) is 0 Å². The van der Waals surface area contributed by atoms with E-state index in [2.05, 4.69) is 250 Å². The van der Waals surface area contributed by atoms with E-state index < -0.39 is 0 Å². The summed E-state index contributed by atoms with van der Waals surface area (Å²) in [4.78, 5) is 5.15. The van der Waals surface area contributed by atoms with Crippen molar-refractivity contribution >= 4 is 57.2 Å². The Hall–Kier alpha value is -7.36. The van der Waals surface area contributed by atoms with Gasteiger partial charge < -0.3 is 9.80 Å². The zero-order chi connectivity index (χ0) is 42.0. The van der Waals surface area contributed by atoms with Gasteiger partial charge in [0.25, 0.3) is 6.71 Å². The molecule has 2 aliphatic rings. The highest BCUT2D eigenvalue weighted by Gasteiger charge is 2.44. The molecule has 0 amide bonds. The molecule has 0 atom stereocenters. The van der Waals surface area contributed by atoms with Crippen LogP contribution in [0.5, 0.6) is 0 Å². The summed E-state index contributed by atoms with van der Waals surface area (Å²) < 4.78 is 0. The van der Waals surface area contributed by atoms with E-state index in [0.717, 1.165) is 5.69 Å². The summed E-state index contributed by atoms with van der Waals surface area (Å²) in [7, 11) is 0. The first kappa shape index (κ1) is 37.6. The monoisotopic (exact) mass is 794 g/mol. The third-order valence-electron chi connectivity index (χ3n) is 12.8. The average molecular weight is 795 g/mol. The first-order valence-electron chi connectivity index (χ1n) is 21.8. The van der Waals surface area contributed by atoms with Crippen molar-refractivity contribution in [1.82, 2.24) is 0 Å². The fraction of sp³-hybridized carbons (Fsp3) is 0.0847. The van der Waals surface area contributed by atoms with Crippen molar-refractivity contribution in [2.24, 2.45) is 0 Å². The van der Waals surface area contributed by atoms with Crippen LogP contribution in [0.15, 0.2) is 212 Å². The molecule has 296 valence electrons. The normalized spacial score (nSPS) is 12.7. The summed E-state index contributed by atoms with van der Waals surface area (Å²) in [6.07, 6.45) is 0. The lowest BCUT2D eigenvalue weighted by Gasteiger charge is -2.45. The number of nitrogens with zero attached hydrogens (tertiary/aromatic N) is 2. The topological polar surface area (TPSA) is 6.48 Å². The molecule has 3 heteroatoms. The maximum absolute atomic E-state index is 2.62. The number of fused-ring (bicyclic) bond motifs is 4. The van der Waals surface area contributed by atoms with Gasteiger partial charge >= 0.3 is 0 Å². The number of anilines is 6. The number of aryl methyl sites for hydroxylation is 1. The van der Waals surface area contributed by atoms with Crippen LogP contribution in [0.2, 0.25) is 0 Å². The Morgan fingerprint density at radius 3 is 1.40 bits per heavy atom. The molecule has 0 radical (unpaired) electrons. The molecule has 0 spiro atoms. The van der Waals surface area contributed by atoms with Crippen molar-refractivity contribution in [3.05, 3.63) is 223 Å². The van der Waals surface area contributed by atoms with Gasteiger partial charge in [-0.3, -0.25) is 0 Å². The van der Waals surface area contributed by atoms with Crippen LogP contribution in [0.25, 0.3) is 44.5 Å². The minimum atomic E-state index is -0.0593. The molecule has 2 aliphatic heterocycles. The molecular formula is C59H47BN2. The molecule has 0 aliphatic carbocycles. The van der Waals surface area contributed by atoms with Gasteiger partial charge in [-0.05, 0) is 122 Å². The lowest BCUT2D eigenvalue weighted by atomic mass is 9.33. The summed E-state index contributed by atoms with van der Waals surface area (Å²) in [5.74, 6) is 0. The quantitative estimate of drug-likeness (QED) is 0.155. The van der Waals surface area contributed by atoms with Crippen molar-refractivity contribution in [3.63, 3.8) is 0 Å². The Morgan fingerprint density at radius 1 is 0.371 bits per heavy atom. The van der Waals surface area contributed by atoms with Crippen molar-refractivity contribution < 1.29 is 0 Å². The molecule has 11 rings (SSSR count). The third kappa shape index (κ3) is 6.35. The average Bonchev–Trinajstić information content (AvgIpc) is 3.32. The Kier molecular flexibility index (Phi) is 9.09. The second-order valence-corrected chi connectivity index (χ2v) is 17.8. The largest absolute Gasteiger partial charge is 0.311 e. The van der Waals surface area contributed by atoms with Gasteiger partial charge in [0.15, 0.2) is 0 Å². The van der Waals surface area contributed by atoms with E-state index in [4.69, 9.17) is 0 Å². The predicted octanol–water partition coefficient (Wildman–Crippen LogP) is 14.0. The molecule has 0 aromatic heterocycles. The van der Waals surface area contributed by atoms with Gasteiger partial charge in [-0.1, -0.05) is 185 Å². The first-order chi connectivity index (χ1) is 30.3. The fourth-order valence-electron chi connectivity index (χ4n) is 9.87. The third-order valence-corrected chi connectivity index (χ3v) is 12.8. The van der Waals surface area contributed by atoms with Crippen LogP contribution in [0.3, 0.4) is 0 Å². The van der Waals surface area contributed by atoms with E-state index in [9.17, 15) is 0 Å². The van der Waals surface area contributed by atoms with Crippen LogP contribution < -0.4 is 26.2 Å². The molecule has 0 saturated heterocycles. The first-order valence-corrected chi connectivity index (χ1v) is 21.8. The smallest absolute Gasteiger partial charge is 0.252 e. The van der Waals surface area contributed by atoms with Gasteiger partial charge in [0, 0.05) is 39.6 Å². The highest BCUT2D eigenvalue weighted by atomic mass is 15.2. The summed E-state index contributed by atoms with van der Waals surface area (Å²) in [6.45, 7) is 9.21. The predicted molar refractivity (Wildman–Crippen MR) is 266 cm³/mol. The molecule has 2 heterocycles. The van der Waals surface area contributed by atoms with E-state index in [0.29, 0.717) is 0 Å². The van der Waals surface area contributed by atoms with Crippen LogP contribution in [0.1, 0.15) is 31.9 Å². The van der Waals surface area contributed by atoms with E-state index >= 15 is 0 Å². The van der Waals surface area contributed by atoms with E-state index in [1.54, 1.807) is 0 Å².